The number of rotatable bonds is 8. The van der Waals surface area contributed by atoms with Gasteiger partial charge in [-0.2, -0.15) is 0 Å². The number of hydrogen-bond acceptors (Lipinski definition) is 3. The number of amides is 1. The zero-order chi connectivity index (χ0) is 14.4. The molecule has 1 aliphatic carbocycles. The van der Waals surface area contributed by atoms with Crippen molar-refractivity contribution in [2.24, 2.45) is 11.7 Å². The minimum Gasteiger partial charge on any atom is -0.377 e. The second-order valence-corrected chi connectivity index (χ2v) is 5.39. The second kappa shape index (κ2) is 7.41. The van der Waals surface area contributed by atoms with Crippen LogP contribution in [0.4, 0.5) is 0 Å². The predicted molar refractivity (Wildman–Crippen MR) is 78.9 cm³/mol. The Balaban J connectivity index is 1.81. The van der Waals surface area contributed by atoms with Crippen molar-refractivity contribution in [3.05, 3.63) is 35.4 Å². The van der Waals surface area contributed by atoms with Gasteiger partial charge in [0.15, 0.2) is 0 Å². The highest BCUT2D eigenvalue weighted by atomic mass is 16.5. The van der Waals surface area contributed by atoms with Gasteiger partial charge in [-0.15, -0.1) is 0 Å². The average molecular weight is 276 g/mol. The van der Waals surface area contributed by atoms with Crippen molar-refractivity contribution >= 4 is 5.91 Å². The molecule has 0 aliphatic heterocycles. The van der Waals surface area contributed by atoms with Gasteiger partial charge in [-0.1, -0.05) is 24.3 Å². The van der Waals surface area contributed by atoms with E-state index in [1.165, 1.54) is 12.8 Å². The first-order valence-corrected chi connectivity index (χ1v) is 7.37. The van der Waals surface area contributed by atoms with Crippen LogP contribution in [-0.4, -0.2) is 18.6 Å². The monoisotopic (exact) mass is 276 g/mol. The van der Waals surface area contributed by atoms with Crippen molar-refractivity contribution in [1.29, 1.82) is 0 Å². The summed E-state index contributed by atoms with van der Waals surface area (Å²) in [4.78, 5) is 11.9. The maximum Gasteiger partial charge on any atom is 0.221 e. The number of carbonyl (C=O) groups is 1. The normalized spacial score (nSPS) is 15.9. The van der Waals surface area contributed by atoms with E-state index < -0.39 is 0 Å². The Morgan fingerprint density at radius 2 is 2.10 bits per heavy atom. The first-order chi connectivity index (χ1) is 9.70. The van der Waals surface area contributed by atoms with Crippen molar-refractivity contribution in [3.8, 4) is 0 Å². The van der Waals surface area contributed by atoms with Crippen LogP contribution >= 0.6 is 0 Å². The highest BCUT2D eigenvalue weighted by Crippen LogP contribution is 2.32. The van der Waals surface area contributed by atoms with Crippen LogP contribution in [0.2, 0.25) is 0 Å². The van der Waals surface area contributed by atoms with Crippen LogP contribution in [0, 0.1) is 5.92 Å². The molecule has 1 saturated carbocycles. The zero-order valence-corrected chi connectivity index (χ0v) is 12.1. The van der Waals surface area contributed by atoms with Crippen LogP contribution in [-0.2, 0) is 22.7 Å². The van der Waals surface area contributed by atoms with Gasteiger partial charge in [0.1, 0.15) is 0 Å². The van der Waals surface area contributed by atoms with Gasteiger partial charge < -0.3 is 15.8 Å². The van der Waals surface area contributed by atoms with E-state index in [1.807, 2.05) is 31.2 Å². The molecule has 0 radical (unpaired) electrons. The van der Waals surface area contributed by atoms with Gasteiger partial charge in [0.05, 0.1) is 6.61 Å². The topological polar surface area (TPSA) is 64.3 Å². The first kappa shape index (κ1) is 15.0. The number of carbonyl (C=O) groups excluding carboxylic acids is 1. The van der Waals surface area contributed by atoms with E-state index in [9.17, 15) is 4.79 Å². The SMILES string of the molecule is CCOCc1ccccc1CNC(=O)CC(N)C1CC1. The van der Waals surface area contributed by atoms with Gasteiger partial charge in [0.25, 0.3) is 0 Å². The van der Waals surface area contributed by atoms with Crippen LogP contribution in [0.15, 0.2) is 24.3 Å². The van der Waals surface area contributed by atoms with Crippen molar-refractivity contribution in [3.63, 3.8) is 0 Å². The minimum absolute atomic E-state index is 0.0219. The van der Waals surface area contributed by atoms with Crippen LogP contribution < -0.4 is 11.1 Å². The van der Waals surface area contributed by atoms with E-state index in [2.05, 4.69) is 5.32 Å². The lowest BCUT2D eigenvalue weighted by atomic mass is 10.1. The summed E-state index contributed by atoms with van der Waals surface area (Å²) in [6.45, 7) is 3.80. The summed E-state index contributed by atoms with van der Waals surface area (Å²) in [6, 6.07) is 8.05. The molecule has 110 valence electrons. The Morgan fingerprint density at radius 1 is 1.40 bits per heavy atom. The van der Waals surface area contributed by atoms with Gasteiger partial charge in [-0.25, -0.2) is 0 Å². The molecule has 1 unspecified atom stereocenters. The van der Waals surface area contributed by atoms with Crippen molar-refractivity contribution in [1.82, 2.24) is 5.32 Å². The molecular weight excluding hydrogens is 252 g/mol. The Kier molecular flexibility index (Phi) is 5.56. The lowest BCUT2D eigenvalue weighted by Gasteiger charge is -2.13. The highest BCUT2D eigenvalue weighted by molar-refractivity contribution is 5.76. The van der Waals surface area contributed by atoms with Crippen molar-refractivity contribution in [2.45, 2.75) is 45.4 Å². The summed E-state index contributed by atoms with van der Waals surface area (Å²) in [5.41, 5.74) is 8.20. The minimum atomic E-state index is 0.0219. The Morgan fingerprint density at radius 3 is 2.75 bits per heavy atom. The van der Waals surface area contributed by atoms with E-state index >= 15 is 0 Å². The van der Waals surface area contributed by atoms with E-state index in [-0.39, 0.29) is 11.9 Å². The van der Waals surface area contributed by atoms with Gasteiger partial charge in [0, 0.05) is 25.6 Å². The van der Waals surface area contributed by atoms with E-state index in [0.717, 1.165) is 11.1 Å². The first-order valence-electron chi connectivity index (χ1n) is 7.37. The molecule has 4 nitrogen and oxygen atoms in total. The Hall–Kier alpha value is -1.39. The number of benzene rings is 1. The lowest BCUT2D eigenvalue weighted by molar-refractivity contribution is -0.121. The fourth-order valence-electron chi connectivity index (χ4n) is 2.25. The van der Waals surface area contributed by atoms with Crippen molar-refractivity contribution in [2.75, 3.05) is 6.61 Å². The molecule has 0 aromatic heterocycles. The van der Waals surface area contributed by atoms with Gasteiger partial charge in [0.2, 0.25) is 5.91 Å². The fourth-order valence-corrected chi connectivity index (χ4v) is 2.25. The largest absolute Gasteiger partial charge is 0.377 e. The molecule has 4 heteroatoms. The molecule has 20 heavy (non-hydrogen) atoms. The highest BCUT2D eigenvalue weighted by Gasteiger charge is 2.29. The molecule has 1 aromatic rings. The summed E-state index contributed by atoms with van der Waals surface area (Å²) in [7, 11) is 0. The summed E-state index contributed by atoms with van der Waals surface area (Å²) in [6.07, 6.45) is 2.77. The standard InChI is InChI=1S/C16H24N2O2/c1-2-20-11-14-6-4-3-5-13(14)10-18-16(19)9-15(17)12-7-8-12/h3-6,12,15H,2,7-11,17H2,1H3,(H,18,19). The van der Waals surface area contributed by atoms with Gasteiger partial charge in [-0.05, 0) is 36.8 Å². The van der Waals surface area contributed by atoms with E-state index in [0.29, 0.717) is 32.1 Å². The maximum absolute atomic E-state index is 11.9. The van der Waals surface area contributed by atoms with Gasteiger partial charge >= 0.3 is 0 Å². The fraction of sp³-hybridized carbons (Fsp3) is 0.562. The third kappa shape index (κ3) is 4.62. The average Bonchev–Trinajstić information content (AvgIpc) is 3.28. The molecule has 1 aliphatic rings. The zero-order valence-electron chi connectivity index (χ0n) is 12.1. The molecule has 0 saturated heterocycles. The number of nitrogens with one attached hydrogen (secondary N) is 1. The van der Waals surface area contributed by atoms with E-state index in [1.54, 1.807) is 0 Å². The smallest absolute Gasteiger partial charge is 0.221 e. The summed E-state index contributed by atoms with van der Waals surface area (Å²) in [5.74, 6) is 0.599. The quantitative estimate of drug-likeness (QED) is 0.763. The van der Waals surface area contributed by atoms with Gasteiger partial charge in [-0.3, -0.25) is 4.79 Å². The molecule has 2 rings (SSSR count). The van der Waals surface area contributed by atoms with E-state index in [4.69, 9.17) is 10.5 Å². The molecule has 0 heterocycles. The number of hydrogen-bond donors (Lipinski definition) is 2. The molecular formula is C16H24N2O2. The third-order valence-corrected chi connectivity index (χ3v) is 3.70. The predicted octanol–water partition coefficient (Wildman–Crippen LogP) is 1.97. The van der Waals surface area contributed by atoms with Crippen LogP contribution in [0.1, 0.15) is 37.3 Å². The summed E-state index contributed by atoms with van der Waals surface area (Å²) >= 11 is 0. The van der Waals surface area contributed by atoms with Crippen LogP contribution in [0.25, 0.3) is 0 Å². The molecule has 0 spiro atoms. The summed E-state index contributed by atoms with van der Waals surface area (Å²) < 4.78 is 5.44. The summed E-state index contributed by atoms with van der Waals surface area (Å²) in [5, 5.41) is 2.95. The third-order valence-electron chi connectivity index (χ3n) is 3.70. The lowest BCUT2D eigenvalue weighted by Crippen LogP contribution is -2.32. The molecule has 1 fully saturated rings. The molecule has 0 bridgehead atoms. The Labute approximate surface area is 120 Å². The number of nitrogens with two attached hydrogens (primary N) is 1. The molecule has 1 aromatic carbocycles. The van der Waals surface area contributed by atoms with Crippen LogP contribution in [0.5, 0.6) is 0 Å². The Bertz CT molecular complexity index is 444. The molecule has 1 atom stereocenters. The molecule has 1 amide bonds. The van der Waals surface area contributed by atoms with Crippen LogP contribution in [0.3, 0.4) is 0 Å². The maximum atomic E-state index is 11.9. The molecule has 3 N–H and O–H groups in total. The second-order valence-electron chi connectivity index (χ2n) is 5.39. The van der Waals surface area contributed by atoms with Crippen molar-refractivity contribution < 1.29 is 9.53 Å². The number of ether oxygens (including phenoxy) is 1.